The summed E-state index contributed by atoms with van der Waals surface area (Å²) in [4.78, 5) is 14.1. The molecule has 0 bridgehead atoms. The van der Waals surface area contributed by atoms with E-state index in [1.54, 1.807) is 38.1 Å². The monoisotopic (exact) mass is 219 g/mol. The maximum atomic E-state index is 11.4. The molecule has 0 saturated heterocycles. The van der Waals surface area contributed by atoms with Crippen molar-refractivity contribution in [2.45, 2.75) is 19.8 Å². The number of benzene rings is 1. The molecule has 0 fully saturated rings. The van der Waals surface area contributed by atoms with Gasteiger partial charge < -0.3 is 4.74 Å². The van der Waals surface area contributed by atoms with Crippen molar-refractivity contribution in [3.05, 3.63) is 40.3 Å². The standard InChI is InChI=1S/C11H13N3O2/c1-3-16-11(15)8(2)9-4-6-10(7-5-9)13-14-12/h4-8H,3H2,1-2H3. The molecule has 0 spiro atoms. The lowest BCUT2D eigenvalue weighted by Crippen LogP contribution is -2.12. The van der Waals surface area contributed by atoms with Crippen molar-refractivity contribution >= 4 is 11.7 Å². The molecule has 84 valence electrons. The molecule has 1 rings (SSSR count). The van der Waals surface area contributed by atoms with Crippen LogP contribution in [0.1, 0.15) is 25.3 Å². The molecule has 1 aromatic carbocycles. The first-order valence-corrected chi connectivity index (χ1v) is 5.00. The van der Waals surface area contributed by atoms with Crippen LogP contribution in [0.4, 0.5) is 5.69 Å². The molecule has 0 heterocycles. The molecule has 0 aliphatic carbocycles. The SMILES string of the molecule is CCOC(=O)C(C)c1ccc(N=[N+]=[N-])cc1. The number of rotatable bonds is 4. The molecule has 5 nitrogen and oxygen atoms in total. The molecule has 0 N–H and O–H groups in total. The lowest BCUT2D eigenvalue weighted by atomic mass is 10.0. The molecular weight excluding hydrogens is 206 g/mol. The highest BCUT2D eigenvalue weighted by Gasteiger charge is 2.15. The Hall–Kier alpha value is -2.00. The highest BCUT2D eigenvalue weighted by molar-refractivity contribution is 5.77. The largest absolute Gasteiger partial charge is 0.466 e. The van der Waals surface area contributed by atoms with Crippen LogP contribution in [0, 0.1) is 0 Å². The highest BCUT2D eigenvalue weighted by atomic mass is 16.5. The van der Waals surface area contributed by atoms with Crippen LogP contribution in [-0.2, 0) is 9.53 Å². The Kier molecular flexibility index (Phi) is 4.36. The Morgan fingerprint density at radius 2 is 2.12 bits per heavy atom. The predicted molar refractivity (Wildman–Crippen MR) is 60.3 cm³/mol. The fraction of sp³-hybridized carbons (Fsp3) is 0.364. The van der Waals surface area contributed by atoms with Crippen LogP contribution in [-0.4, -0.2) is 12.6 Å². The first-order valence-electron chi connectivity index (χ1n) is 5.00. The van der Waals surface area contributed by atoms with E-state index in [1.807, 2.05) is 0 Å². The molecule has 0 aliphatic rings. The fourth-order valence-electron chi connectivity index (χ4n) is 1.28. The molecular formula is C11H13N3O2. The molecule has 1 aromatic rings. The maximum Gasteiger partial charge on any atom is 0.313 e. The van der Waals surface area contributed by atoms with E-state index >= 15 is 0 Å². The summed E-state index contributed by atoms with van der Waals surface area (Å²) in [6, 6.07) is 6.85. The maximum absolute atomic E-state index is 11.4. The van der Waals surface area contributed by atoms with Crippen molar-refractivity contribution in [1.82, 2.24) is 0 Å². The number of ether oxygens (including phenoxy) is 1. The second kappa shape index (κ2) is 5.78. The van der Waals surface area contributed by atoms with Gasteiger partial charge in [-0.05, 0) is 24.9 Å². The Morgan fingerprint density at radius 1 is 1.50 bits per heavy atom. The summed E-state index contributed by atoms with van der Waals surface area (Å²) in [5, 5.41) is 3.45. The van der Waals surface area contributed by atoms with Crippen molar-refractivity contribution in [2.75, 3.05) is 6.61 Å². The van der Waals surface area contributed by atoms with Crippen LogP contribution in [0.25, 0.3) is 10.4 Å². The predicted octanol–water partition coefficient (Wildman–Crippen LogP) is 3.30. The summed E-state index contributed by atoms with van der Waals surface area (Å²) in [5.41, 5.74) is 9.61. The highest BCUT2D eigenvalue weighted by Crippen LogP contribution is 2.20. The van der Waals surface area contributed by atoms with Gasteiger partial charge in [-0.25, -0.2) is 0 Å². The minimum atomic E-state index is -0.305. The molecule has 16 heavy (non-hydrogen) atoms. The third-order valence-electron chi connectivity index (χ3n) is 2.19. The van der Waals surface area contributed by atoms with Crippen LogP contribution in [0.2, 0.25) is 0 Å². The van der Waals surface area contributed by atoms with Crippen molar-refractivity contribution in [2.24, 2.45) is 5.11 Å². The van der Waals surface area contributed by atoms with Gasteiger partial charge in [0.05, 0.1) is 12.5 Å². The minimum Gasteiger partial charge on any atom is -0.466 e. The van der Waals surface area contributed by atoms with E-state index in [9.17, 15) is 4.79 Å². The van der Waals surface area contributed by atoms with Crippen molar-refractivity contribution < 1.29 is 9.53 Å². The van der Waals surface area contributed by atoms with Gasteiger partial charge in [0.2, 0.25) is 0 Å². The van der Waals surface area contributed by atoms with Crippen LogP contribution in [0.3, 0.4) is 0 Å². The summed E-state index contributed by atoms with van der Waals surface area (Å²) in [6.07, 6.45) is 0. The summed E-state index contributed by atoms with van der Waals surface area (Å²) in [7, 11) is 0. The summed E-state index contributed by atoms with van der Waals surface area (Å²) in [6.45, 7) is 3.93. The Bertz CT molecular complexity index is 408. The van der Waals surface area contributed by atoms with Crippen LogP contribution in [0.5, 0.6) is 0 Å². The minimum absolute atomic E-state index is 0.251. The number of hydrogen-bond acceptors (Lipinski definition) is 3. The van der Waals surface area contributed by atoms with E-state index in [-0.39, 0.29) is 11.9 Å². The number of carbonyl (C=O) groups excluding carboxylic acids is 1. The van der Waals surface area contributed by atoms with E-state index < -0.39 is 0 Å². The topological polar surface area (TPSA) is 75.1 Å². The number of azide groups is 1. The first kappa shape index (κ1) is 12.1. The summed E-state index contributed by atoms with van der Waals surface area (Å²) in [5.74, 6) is -0.556. The molecule has 0 saturated carbocycles. The second-order valence-corrected chi connectivity index (χ2v) is 3.25. The van der Waals surface area contributed by atoms with Gasteiger partial charge >= 0.3 is 5.97 Å². The zero-order valence-corrected chi connectivity index (χ0v) is 9.25. The average Bonchev–Trinajstić information content (AvgIpc) is 2.30. The van der Waals surface area contributed by atoms with Gasteiger partial charge in [-0.2, -0.15) is 0 Å². The average molecular weight is 219 g/mol. The Labute approximate surface area is 93.7 Å². The summed E-state index contributed by atoms with van der Waals surface area (Å²) >= 11 is 0. The Morgan fingerprint density at radius 3 is 2.62 bits per heavy atom. The van der Waals surface area contributed by atoms with E-state index in [2.05, 4.69) is 10.0 Å². The van der Waals surface area contributed by atoms with Crippen LogP contribution >= 0.6 is 0 Å². The fourth-order valence-corrected chi connectivity index (χ4v) is 1.28. The Balaban J connectivity index is 2.80. The molecule has 0 aliphatic heterocycles. The normalized spacial score (nSPS) is 11.4. The van der Waals surface area contributed by atoms with E-state index in [0.717, 1.165) is 5.56 Å². The van der Waals surface area contributed by atoms with Gasteiger partial charge in [0, 0.05) is 10.6 Å². The number of hydrogen-bond donors (Lipinski definition) is 0. The molecule has 1 atom stereocenters. The molecule has 0 radical (unpaired) electrons. The third-order valence-corrected chi connectivity index (χ3v) is 2.19. The van der Waals surface area contributed by atoms with Gasteiger partial charge in [-0.1, -0.05) is 29.4 Å². The number of carbonyl (C=O) groups is 1. The van der Waals surface area contributed by atoms with Gasteiger partial charge in [0.15, 0.2) is 0 Å². The summed E-state index contributed by atoms with van der Waals surface area (Å²) < 4.78 is 4.91. The van der Waals surface area contributed by atoms with E-state index in [4.69, 9.17) is 10.3 Å². The first-order chi connectivity index (χ1) is 7.69. The zero-order chi connectivity index (χ0) is 12.0. The van der Waals surface area contributed by atoms with Gasteiger partial charge in [-0.15, -0.1) is 0 Å². The van der Waals surface area contributed by atoms with Crippen LogP contribution in [0.15, 0.2) is 29.4 Å². The van der Waals surface area contributed by atoms with Crippen molar-refractivity contribution in [3.63, 3.8) is 0 Å². The number of nitrogens with zero attached hydrogens (tertiary/aromatic N) is 3. The van der Waals surface area contributed by atoms with E-state index in [0.29, 0.717) is 12.3 Å². The zero-order valence-electron chi connectivity index (χ0n) is 9.25. The van der Waals surface area contributed by atoms with Gasteiger partial charge in [-0.3, -0.25) is 4.79 Å². The van der Waals surface area contributed by atoms with Crippen molar-refractivity contribution in [3.8, 4) is 0 Å². The lowest BCUT2D eigenvalue weighted by molar-refractivity contribution is -0.144. The quantitative estimate of drug-likeness (QED) is 0.337. The molecule has 0 aromatic heterocycles. The van der Waals surface area contributed by atoms with E-state index in [1.165, 1.54) is 0 Å². The van der Waals surface area contributed by atoms with Gasteiger partial charge in [0.25, 0.3) is 0 Å². The van der Waals surface area contributed by atoms with Crippen LogP contribution < -0.4 is 0 Å². The number of esters is 1. The third kappa shape index (κ3) is 3.00. The van der Waals surface area contributed by atoms with Gasteiger partial charge in [0.1, 0.15) is 0 Å². The van der Waals surface area contributed by atoms with Crippen molar-refractivity contribution in [1.29, 1.82) is 0 Å². The second-order valence-electron chi connectivity index (χ2n) is 3.25. The molecule has 5 heteroatoms. The molecule has 1 unspecified atom stereocenters. The molecule has 0 amide bonds. The lowest BCUT2D eigenvalue weighted by Gasteiger charge is -2.10. The smallest absolute Gasteiger partial charge is 0.313 e.